The zero-order valence-electron chi connectivity index (χ0n) is 15.6. The van der Waals surface area contributed by atoms with Crippen molar-refractivity contribution in [2.45, 2.75) is 6.92 Å². The van der Waals surface area contributed by atoms with Crippen LogP contribution in [-0.4, -0.2) is 45.9 Å². The molecule has 0 fully saturated rings. The Morgan fingerprint density at radius 1 is 0.963 bits per heavy atom. The molecule has 0 aliphatic heterocycles. The van der Waals surface area contributed by atoms with Crippen LogP contribution in [0.3, 0.4) is 0 Å². The van der Waals surface area contributed by atoms with Gasteiger partial charge in [0.1, 0.15) is 12.4 Å². The Kier molecular flexibility index (Phi) is 7.49. The molecule has 2 rings (SSSR count). The summed E-state index contributed by atoms with van der Waals surface area (Å²) in [6.07, 6.45) is 0. The lowest BCUT2D eigenvalue weighted by molar-refractivity contribution is -0.142. The van der Waals surface area contributed by atoms with Gasteiger partial charge in [-0.25, -0.2) is 4.79 Å². The molecule has 7 heteroatoms. The summed E-state index contributed by atoms with van der Waals surface area (Å²) in [5, 5.41) is 2.78. The van der Waals surface area contributed by atoms with Gasteiger partial charge in [0.15, 0.2) is 18.1 Å². The van der Waals surface area contributed by atoms with Gasteiger partial charge in [0.2, 0.25) is 0 Å². The molecular weight excluding hydrogens is 350 g/mol. The average molecular weight is 373 g/mol. The van der Waals surface area contributed by atoms with Gasteiger partial charge in [-0.2, -0.15) is 0 Å². The molecule has 0 spiro atoms. The molecule has 0 bridgehead atoms. The number of nitrogens with one attached hydrogen (secondary N) is 1. The number of esters is 1. The molecule has 2 aromatic carbocycles. The average Bonchev–Trinajstić information content (AvgIpc) is 2.70. The zero-order chi connectivity index (χ0) is 19.6. The molecular formula is C20H23NO6. The van der Waals surface area contributed by atoms with E-state index in [2.05, 4.69) is 10.1 Å². The van der Waals surface area contributed by atoms with Crippen LogP contribution in [0.2, 0.25) is 0 Å². The molecule has 144 valence electrons. The van der Waals surface area contributed by atoms with Crippen LogP contribution in [0.15, 0.2) is 42.5 Å². The third-order valence-corrected chi connectivity index (χ3v) is 3.74. The molecule has 0 aliphatic rings. The van der Waals surface area contributed by atoms with Crippen LogP contribution in [0.4, 0.5) is 0 Å². The molecule has 7 nitrogen and oxygen atoms in total. The molecule has 0 atom stereocenters. The van der Waals surface area contributed by atoms with Crippen molar-refractivity contribution in [1.29, 1.82) is 0 Å². The number of hydrogen-bond donors (Lipinski definition) is 1. The fourth-order valence-corrected chi connectivity index (χ4v) is 2.27. The molecule has 0 heterocycles. The molecule has 0 unspecified atom stereocenters. The number of ether oxygens (including phenoxy) is 4. The highest BCUT2D eigenvalue weighted by Crippen LogP contribution is 2.28. The lowest BCUT2D eigenvalue weighted by Gasteiger charge is -2.12. The summed E-state index contributed by atoms with van der Waals surface area (Å²) in [6.45, 7) is 2.37. The Hall–Kier alpha value is -3.22. The first kappa shape index (κ1) is 20.1. The summed E-state index contributed by atoms with van der Waals surface area (Å²) >= 11 is 0. The summed E-state index contributed by atoms with van der Waals surface area (Å²) in [4.78, 5) is 23.6. The van der Waals surface area contributed by atoms with Gasteiger partial charge in [-0.3, -0.25) is 4.79 Å². The van der Waals surface area contributed by atoms with Crippen LogP contribution in [0.5, 0.6) is 17.2 Å². The number of methoxy groups -OCH3 is 2. The highest BCUT2D eigenvalue weighted by molar-refractivity contribution is 5.94. The SMILES string of the molecule is COC(=O)COc1cc(C(=O)NCCOc2ccccc2C)ccc1OC. The smallest absolute Gasteiger partial charge is 0.343 e. The maximum absolute atomic E-state index is 12.3. The van der Waals surface area contributed by atoms with E-state index in [1.807, 2.05) is 31.2 Å². The number of para-hydroxylation sites is 1. The molecule has 1 amide bonds. The lowest BCUT2D eigenvalue weighted by Crippen LogP contribution is -2.28. The summed E-state index contributed by atoms with van der Waals surface area (Å²) < 4.78 is 20.7. The number of aryl methyl sites for hydroxylation is 1. The second kappa shape index (κ2) is 10.1. The molecule has 0 aromatic heterocycles. The molecule has 0 saturated heterocycles. The summed E-state index contributed by atoms with van der Waals surface area (Å²) in [6, 6.07) is 12.4. The highest BCUT2D eigenvalue weighted by atomic mass is 16.6. The van der Waals surface area contributed by atoms with E-state index in [0.717, 1.165) is 11.3 Å². The number of rotatable bonds is 9. The molecule has 1 N–H and O–H groups in total. The van der Waals surface area contributed by atoms with Gasteiger partial charge in [0, 0.05) is 5.56 Å². The van der Waals surface area contributed by atoms with E-state index < -0.39 is 5.97 Å². The first-order valence-corrected chi connectivity index (χ1v) is 8.39. The number of hydrogen-bond acceptors (Lipinski definition) is 6. The van der Waals surface area contributed by atoms with Gasteiger partial charge >= 0.3 is 5.97 Å². The van der Waals surface area contributed by atoms with Crippen LogP contribution in [0.1, 0.15) is 15.9 Å². The molecule has 0 saturated carbocycles. The minimum absolute atomic E-state index is 0.276. The van der Waals surface area contributed by atoms with Gasteiger partial charge in [0.05, 0.1) is 20.8 Å². The Morgan fingerprint density at radius 2 is 1.74 bits per heavy atom. The normalized spacial score (nSPS) is 10.0. The highest BCUT2D eigenvalue weighted by Gasteiger charge is 2.13. The summed E-state index contributed by atoms with van der Waals surface area (Å²) in [5.74, 6) is 0.675. The molecule has 27 heavy (non-hydrogen) atoms. The van der Waals surface area contributed by atoms with Crippen molar-refractivity contribution in [3.8, 4) is 17.2 Å². The van der Waals surface area contributed by atoms with E-state index in [9.17, 15) is 9.59 Å². The van der Waals surface area contributed by atoms with Crippen molar-refractivity contribution >= 4 is 11.9 Å². The van der Waals surface area contributed by atoms with Crippen molar-refractivity contribution in [3.05, 3.63) is 53.6 Å². The second-order valence-electron chi connectivity index (χ2n) is 5.60. The van der Waals surface area contributed by atoms with Crippen LogP contribution in [0, 0.1) is 6.92 Å². The van der Waals surface area contributed by atoms with Crippen LogP contribution >= 0.6 is 0 Å². The predicted octanol–water partition coefficient (Wildman–Crippen LogP) is 2.36. The van der Waals surface area contributed by atoms with E-state index in [1.54, 1.807) is 12.1 Å². The predicted molar refractivity (Wildman–Crippen MR) is 99.5 cm³/mol. The standard InChI is InChI=1S/C20H23NO6/c1-14-6-4-5-7-16(14)26-11-10-21-20(23)15-8-9-17(24-2)18(12-15)27-13-19(22)25-3/h4-9,12H,10-11,13H2,1-3H3,(H,21,23). The molecule has 0 radical (unpaired) electrons. The van der Waals surface area contributed by atoms with Gasteiger partial charge in [-0.15, -0.1) is 0 Å². The number of benzene rings is 2. The van der Waals surface area contributed by atoms with Crippen molar-refractivity contribution in [2.24, 2.45) is 0 Å². The first-order chi connectivity index (χ1) is 13.0. The van der Waals surface area contributed by atoms with E-state index >= 15 is 0 Å². The number of carbonyl (C=O) groups excluding carboxylic acids is 2. The molecule has 0 aliphatic carbocycles. The van der Waals surface area contributed by atoms with Crippen LogP contribution in [-0.2, 0) is 9.53 Å². The van der Waals surface area contributed by atoms with Crippen LogP contribution < -0.4 is 19.5 Å². The summed E-state index contributed by atoms with van der Waals surface area (Å²) in [7, 11) is 2.74. The monoisotopic (exact) mass is 373 g/mol. The first-order valence-electron chi connectivity index (χ1n) is 8.39. The zero-order valence-corrected chi connectivity index (χ0v) is 15.6. The van der Waals surface area contributed by atoms with Gasteiger partial charge in [0.25, 0.3) is 5.91 Å². The fourth-order valence-electron chi connectivity index (χ4n) is 2.27. The Balaban J connectivity index is 1.91. The van der Waals surface area contributed by atoms with Crippen LogP contribution in [0.25, 0.3) is 0 Å². The fraction of sp³-hybridized carbons (Fsp3) is 0.300. The minimum Gasteiger partial charge on any atom is -0.493 e. The maximum Gasteiger partial charge on any atom is 0.343 e. The van der Waals surface area contributed by atoms with Gasteiger partial charge in [-0.05, 0) is 36.8 Å². The molecule has 2 aromatic rings. The largest absolute Gasteiger partial charge is 0.493 e. The minimum atomic E-state index is -0.528. The van der Waals surface area contributed by atoms with Crippen molar-refractivity contribution in [3.63, 3.8) is 0 Å². The maximum atomic E-state index is 12.3. The topological polar surface area (TPSA) is 83.1 Å². The van der Waals surface area contributed by atoms with E-state index in [1.165, 1.54) is 20.3 Å². The Labute approximate surface area is 158 Å². The van der Waals surface area contributed by atoms with Gasteiger partial charge < -0.3 is 24.3 Å². The lowest BCUT2D eigenvalue weighted by atomic mass is 10.2. The van der Waals surface area contributed by atoms with Crippen molar-refractivity contribution in [2.75, 3.05) is 34.0 Å². The van der Waals surface area contributed by atoms with Gasteiger partial charge in [-0.1, -0.05) is 18.2 Å². The van der Waals surface area contributed by atoms with E-state index in [-0.39, 0.29) is 18.3 Å². The Bertz CT molecular complexity index is 790. The second-order valence-corrected chi connectivity index (χ2v) is 5.60. The van der Waals surface area contributed by atoms with E-state index in [4.69, 9.17) is 14.2 Å². The Morgan fingerprint density at radius 3 is 2.44 bits per heavy atom. The third-order valence-electron chi connectivity index (χ3n) is 3.74. The number of carbonyl (C=O) groups is 2. The van der Waals surface area contributed by atoms with Crippen molar-refractivity contribution < 1.29 is 28.5 Å². The van der Waals surface area contributed by atoms with Crippen molar-refractivity contribution in [1.82, 2.24) is 5.32 Å². The summed E-state index contributed by atoms with van der Waals surface area (Å²) in [5.41, 5.74) is 1.41. The van der Waals surface area contributed by atoms with E-state index in [0.29, 0.717) is 24.5 Å². The quantitative estimate of drug-likeness (QED) is 0.537. The number of amides is 1. The third kappa shape index (κ3) is 5.91.